The Bertz CT molecular complexity index is 549. The normalized spacial score (nSPS) is 14.0. The van der Waals surface area contributed by atoms with Crippen LogP contribution in [0.4, 0.5) is 0 Å². The van der Waals surface area contributed by atoms with Gasteiger partial charge in [0.05, 0.1) is 18.8 Å². The van der Waals surface area contributed by atoms with E-state index in [-0.39, 0.29) is 42.5 Å². The van der Waals surface area contributed by atoms with Gasteiger partial charge >= 0.3 is 0 Å². The Morgan fingerprint density at radius 2 is 2.08 bits per heavy atom. The highest BCUT2D eigenvalue weighted by Gasteiger charge is 2.17. The standard InChI is InChI=1S/C16H27N5OS.HI/c1-11(2)19-14(22)9-18-16(17-3)21(4)10-15-20-12-7-5-6-8-13(12)23-15;/h11H,5-10H2,1-4H3,(H,17,18)(H,19,22);1H. The fraction of sp³-hybridized carbons (Fsp3) is 0.688. The van der Waals surface area contributed by atoms with Gasteiger partial charge in [-0.15, -0.1) is 35.3 Å². The zero-order valence-corrected chi connectivity index (χ0v) is 18.0. The molecule has 0 aliphatic heterocycles. The predicted octanol–water partition coefficient (Wildman–Crippen LogP) is 2.17. The topological polar surface area (TPSA) is 69.6 Å². The van der Waals surface area contributed by atoms with Gasteiger partial charge in [-0.1, -0.05) is 0 Å². The number of fused-ring (bicyclic) bond motifs is 1. The highest BCUT2D eigenvalue weighted by Crippen LogP contribution is 2.27. The molecule has 1 aromatic rings. The number of halogens is 1. The van der Waals surface area contributed by atoms with E-state index < -0.39 is 0 Å². The number of aromatic nitrogens is 1. The van der Waals surface area contributed by atoms with Crippen molar-refractivity contribution in [3.05, 3.63) is 15.6 Å². The summed E-state index contributed by atoms with van der Waals surface area (Å²) in [5.41, 5.74) is 1.28. The minimum atomic E-state index is -0.0285. The Morgan fingerprint density at radius 3 is 2.71 bits per heavy atom. The summed E-state index contributed by atoms with van der Waals surface area (Å²) in [6, 6.07) is 0.144. The molecule has 1 amide bonds. The number of hydrogen-bond acceptors (Lipinski definition) is 4. The Hall–Kier alpha value is -0.900. The van der Waals surface area contributed by atoms with Crippen LogP contribution in [0, 0.1) is 0 Å². The summed E-state index contributed by atoms with van der Waals surface area (Å²) in [7, 11) is 3.70. The molecule has 0 radical (unpaired) electrons. The minimum absolute atomic E-state index is 0. The minimum Gasteiger partial charge on any atom is -0.352 e. The van der Waals surface area contributed by atoms with Crippen LogP contribution in [0.1, 0.15) is 42.3 Å². The van der Waals surface area contributed by atoms with Gasteiger partial charge in [-0.25, -0.2) is 4.98 Å². The summed E-state index contributed by atoms with van der Waals surface area (Å²) in [5.74, 6) is 0.677. The lowest BCUT2D eigenvalue weighted by molar-refractivity contribution is -0.120. The van der Waals surface area contributed by atoms with Crippen molar-refractivity contribution in [2.75, 3.05) is 20.6 Å². The molecule has 0 bridgehead atoms. The molecule has 1 aromatic heterocycles. The van der Waals surface area contributed by atoms with Crippen molar-refractivity contribution in [2.24, 2.45) is 4.99 Å². The Kier molecular flexibility index (Phi) is 8.96. The Morgan fingerprint density at radius 1 is 1.38 bits per heavy atom. The van der Waals surface area contributed by atoms with Crippen LogP contribution in [0.15, 0.2) is 4.99 Å². The van der Waals surface area contributed by atoms with E-state index in [2.05, 4.69) is 15.6 Å². The largest absolute Gasteiger partial charge is 0.352 e. The van der Waals surface area contributed by atoms with Crippen LogP contribution in [0.2, 0.25) is 0 Å². The van der Waals surface area contributed by atoms with E-state index >= 15 is 0 Å². The number of aliphatic imine (C=N–C) groups is 1. The number of aryl methyl sites for hydroxylation is 2. The van der Waals surface area contributed by atoms with Crippen molar-refractivity contribution in [1.82, 2.24) is 20.5 Å². The number of nitrogens with one attached hydrogen (secondary N) is 2. The maximum absolute atomic E-state index is 11.7. The maximum atomic E-state index is 11.7. The van der Waals surface area contributed by atoms with Gasteiger partial charge < -0.3 is 15.5 Å². The second kappa shape index (κ2) is 10.2. The zero-order valence-electron chi connectivity index (χ0n) is 14.9. The summed E-state index contributed by atoms with van der Waals surface area (Å²) >= 11 is 1.81. The van der Waals surface area contributed by atoms with Gasteiger partial charge in [-0.3, -0.25) is 9.79 Å². The SMILES string of the molecule is CN=C(NCC(=O)NC(C)C)N(C)Cc1nc2c(s1)CCCC2.I. The van der Waals surface area contributed by atoms with E-state index in [1.807, 2.05) is 37.1 Å². The monoisotopic (exact) mass is 465 g/mol. The highest BCUT2D eigenvalue weighted by molar-refractivity contribution is 14.0. The molecule has 1 heterocycles. The molecule has 0 atom stereocenters. The molecule has 0 aromatic carbocycles. The molecule has 2 N–H and O–H groups in total. The first kappa shape index (κ1) is 21.1. The lowest BCUT2D eigenvalue weighted by atomic mass is 10.0. The van der Waals surface area contributed by atoms with Crippen LogP contribution in [0.3, 0.4) is 0 Å². The summed E-state index contributed by atoms with van der Waals surface area (Å²) < 4.78 is 0. The third-order valence-electron chi connectivity index (χ3n) is 3.69. The molecule has 0 spiro atoms. The molecule has 1 aliphatic carbocycles. The van der Waals surface area contributed by atoms with Crippen molar-refractivity contribution < 1.29 is 4.79 Å². The first-order chi connectivity index (χ1) is 11.0. The van der Waals surface area contributed by atoms with Crippen molar-refractivity contribution in [2.45, 2.75) is 52.1 Å². The smallest absolute Gasteiger partial charge is 0.239 e. The van der Waals surface area contributed by atoms with Gasteiger partial charge in [-0.05, 0) is 39.5 Å². The van der Waals surface area contributed by atoms with Gasteiger partial charge in [0.25, 0.3) is 0 Å². The van der Waals surface area contributed by atoms with Crippen molar-refractivity contribution in [3.8, 4) is 0 Å². The number of hydrogen-bond donors (Lipinski definition) is 2. The number of carbonyl (C=O) groups excluding carboxylic acids is 1. The third-order valence-corrected chi connectivity index (χ3v) is 4.83. The van der Waals surface area contributed by atoms with E-state index in [9.17, 15) is 4.79 Å². The molecular formula is C16H28IN5OS. The summed E-state index contributed by atoms with van der Waals surface area (Å²) in [5, 5.41) is 7.08. The van der Waals surface area contributed by atoms with E-state index in [1.54, 1.807) is 7.05 Å². The number of carbonyl (C=O) groups is 1. The first-order valence-corrected chi connectivity index (χ1v) is 9.00. The van der Waals surface area contributed by atoms with Gasteiger partial charge in [-0.2, -0.15) is 0 Å². The van der Waals surface area contributed by atoms with Gasteiger partial charge in [0.2, 0.25) is 5.91 Å². The van der Waals surface area contributed by atoms with Crippen LogP contribution in [0.25, 0.3) is 0 Å². The number of rotatable bonds is 5. The number of guanidine groups is 1. The van der Waals surface area contributed by atoms with Gasteiger partial charge in [0.15, 0.2) is 5.96 Å². The van der Waals surface area contributed by atoms with E-state index in [1.165, 1.54) is 29.8 Å². The average Bonchev–Trinajstić information content (AvgIpc) is 2.89. The Labute approximate surface area is 165 Å². The van der Waals surface area contributed by atoms with Crippen LogP contribution >= 0.6 is 35.3 Å². The van der Waals surface area contributed by atoms with Crippen LogP contribution in [-0.4, -0.2) is 48.4 Å². The van der Waals surface area contributed by atoms with E-state index in [0.717, 1.165) is 11.4 Å². The molecule has 2 rings (SSSR count). The van der Waals surface area contributed by atoms with Crippen molar-refractivity contribution in [1.29, 1.82) is 0 Å². The Balaban J connectivity index is 0.00000288. The maximum Gasteiger partial charge on any atom is 0.239 e. The molecule has 0 saturated carbocycles. The molecule has 136 valence electrons. The lowest BCUT2D eigenvalue weighted by Crippen LogP contribution is -2.44. The molecule has 24 heavy (non-hydrogen) atoms. The van der Waals surface area contributed by atoms with E-state index in [4.69, 9.17) is 4.98 Å². The summed E-state index contributed by atoms with van der Waals surface area (Å²) in [4.78, 5) is 24.2. The molecule has 0 saturated heterocycles. The lowest BCUT2D eigenvalue weighted by Gasteiger charge is -2.21. The highest BCUT2D eigenvalue weighted by atomic mass is 127. The van der Waals surface area contributed by atoms with Crippen molar-refractivity contribution in [3.63, 3.8) is 0 Å². The van der Waals surface area contributed by atoms with Crippen LogP contribution in [-0.2, 0) is 24.2 Å². The zero-order chi connectivity index (χ0) is 16.8. The molecule has 0 fully saturated rings. The summed E-state index contributed by atoms with van der Waals surface area (Å²) in [6.07, 6.45) is 4.80. The van der Waals surface area contributed by atoms with Gasteiger partial charge in [0.1, 0.15) is 5.01 Å². The molecular weight excluding hydrogens is 437 g/mol. The molecule has 1 aliphatic rings. The van der Waals surface area contributed by atoms with Gasteiger partial charge in [0, 0.05) is 25.0 Å². The molecule has 6 nitrogen and oxygen atoms in total. The second-order valence-electron chi connectivity index (χ2n) is 6.16. The second-order valence-corrected chi connectivity index (χ2v) is 7.33. The number of amides is 1. The fourth-order valence-electron chi connectivity index (χ4n) is 2.67. The molecule has 0 unspecified atom stereocenters. The van der Waals surface area contributed by atoms with Crippen molar-refractivity contribution >= 4 is 47.2 Å². The summed E-state index contributed by atoms with van der Waals surface area (Å²) in [6.45, 7) is 4.83. The van der Waals surface area contributed by atoms with Crippen LogP contribution in [0.5, 0.6) is 0 Å². The molecule has 8 heteroatoms. The van der Waals surface area contributed by atoms with Crippen LogP contribution < -0.4 is 10.6 Å². The number of nitrogens with zero attached hydrogens (tertiary/aromatic N) is 3. The predicted molar refractivity (Wildman–Crippen MR) is 110 cm³/mol. The first-order valence-electron chi connectivity index (χ1n) is 8.18. The average molecular weight is 465 g/mol. The quantitative estimate of drug-likeness (QED) is 0.398. The fourth-order valence-corrected chi connectivity index (χ4v) is 3.88. The number of thiazole rings is 1. The third kappa shape index (κ3) is 6.19. The van der Waals surface area contributed by atoms with E-state index in [0.29, 0.717) is 12.5 Å².